The van der Waals surface area contributed by atoms with Crippen molar-refractivity contribution in [1.82, 2.24) is 4.98 Å². The van der Waals surface area contributed by atoms with Gasteiger partial charge in [0.05, 0.1) is 6.10 Å². The first-order valence-electron chi connectivity index (χ1n) is 15.9. The van der Waals surface area contributed by atoms with E-state index < -0.39 is 10.4 Å². The zero-order chi connectivity index (χ0) is 33.4. The van der Waals surface area contributed by atoms with Gasteiger partial charge in [0.15, 0.2) is 0 Å². The standard InChI is InChI=1S/C29H23N.C8H12O4S.C3H6O/c1-2-12-25-28(23-17-10-5-11-18-23)29-26(30-25)20-19-24(21-13-6-3-7-14-21)27(29)22-15-8-4-9-16-22;9-13(10,11)12-8-5-6-2-1-3-7(8)4-6;1-3(2)4/h2-20,30H,1H3;1,3,6-8H,2,4-5H2,(H,9,10,11);1-2H3/b12-2+;;. The highest BCUT2D eigenvalue weighted by molar-refractivity contribution is 7.80. The first-order valence-corrected chi connectivity index (χ1v) is 17.3. The lowest BCUT2D eigenvalue weighted by Crippen LogP contribution is -2.20. The smallest absolute Gasteiger partial charge is 0.354 e. The second kappa shape index (κ2) is 15.4. The molecular weight excluding hydrogens is 607 g/mol. The molecule has 47 heavy (non-hydrogen) atoms. The van der Waals surface area contributed by atoms with Crippen LogP contribution in [0.25, 0.3) is 50.4 Å². The number of benzene rings is 4. The number of allylic oxidation sites excluding steroid dienone is 2. The number of carbonyl (C=O) groups is 1. The molecule has 0 radical (unpaired) electrons. The summed E-state index contributed by atoms with van der Waals surface area (Å²) < 4.78 is 34.1. The summed E-state index contributed by atoms with van der Waals surface area (Å²) >= 11 is 0. The van der Waals surface area contributed by atoms with Gasteiger partial charge in [0.1, 0.15) is 5.78 Å². The van der Waals surface area contributed by atoms with Gasteiger partial charge in [-0.1, -0.05) is 115 Å². The fourth-order valence-corrected chi connectivity index (χ4v) is 7.05. The monoisotopic (exact) mass is 647 g/mol. The van der Waals surface area contributed by atoms with E-state index in [1.165, 1.54) is 52.6 Å². The van der Waals surface area contributed by atoms with E-state index in [-0.39, 0.29) is 17.8 Å². The van der Waals surface area contributed by atoms with Crippen LogP contribution in [0.15, 0.2) is 121 Å². The van der Waals surface area contributed by atoms with Crippen LogP contribution in [0.1, 0.15) is 45.7 Å². The minimum absolute atomic E-state index is 0.167. The van der Waals surface area contributed by atoms with Crippen molar-refractivity contribution < 1.29 is 21.9 Å². The molecule has 6 nitrogen and oxygen atoms in total. The van der Waals surface area contributed by atoms with Crippen LogP contribution in [0.5, 0.6) is 0 Å². The number of rotatable bonds is 6. The Labute approximate surface area is 277 Å². The summed E-state index contributed by atoms with van der Waals surface area (Å²) in [5.41, 5.74) is 9.74. The number of fused-ring (bicyclic) bond motifs is 3. The average Bonchev–Trinajstić information content (AvgIpc) is 3.55. The molecule has 0 saturated heterocycles. The fourth-order valence-electron chi connectivity index (χ4n) is 6.51. The van der Waals surface area contributed by atoms with Crippen molar-refractivity contribution in [2.45, 2.75) is 46.1 Å². The van der Waals surface area contributed by atoms with Gasteiger partial charge in [0, 0.05) is 28.1 Å². The second-order valence-corrected chi connectivity index (χ2v) is 13.1. The summed E-state index contributed by atoms with van der Waals surface area (Å²) in [4.78, 5) is 13.1. The molecule has 1 saturated carbocycles. The van der Waals surface area contributed by atoms with E-state index in [2.05, 4.69) is 137 Å². The number of aromatic nitrogens is 1. The van der Waals surface area contributed by atoms with Crippen LogP contribution < -0.4 is 0 Å². The van der Waals surface area contributed by atoms with Crippen LogP contribution in [0.3, 0.4) is 0 Å². The predicted octanol–water partition coefficient (Wildman–Crippen LogP) is 9.96. The van der Waals surface area contributed by atoms with E-state index in [1.807, 2.05) is 6.08 Å². The Morgan fingerprint density at radius 1 is 0.809 bits per heavy atom. The van der Waals surface area contributed by atoms with E-state index >= 15 is 0 Å². The van der Waals surface area contributed by atoms with Crippen molar-refractivity contribution in [2.75, 3.05) is 0 Å². The molecule has 1 heterocycles. The second-order valence-electron chi connectivity index (χ2n) is 12.1. The third-order valence-corrected chi connectivity index (χ3v) is 8.77. The average molecular weight is 648 g/mol. The fraction of sp³-hybridized carbons (Fsp3) is 0.225. The number of hydrogen-bond donors (Lipinski definition) is 2. The van der Waals surface area contributed by atoms with Crippen LogP contribution in [0, 0.1) is 11.8 Å². The largest absolute Gasteiger partial charge is 0.397 e. The van der Waals surface area contributed by atoms with E-state index in [9.17, 15) is 13.2 Å². The van der Waals surface area contributed by atoms with Crippen molar-refractivity contribution >= 4 is 33.2 Å². The van der Waals surface area contributed by atoms with Crippen molar-refractivity contribution in [1.29, 1.82) is 0 Å². The van der Waals surface area contributed by atoms with Crippen molar-refractivity contribution in [2.24, 2.45) is 11.8 Å². The highest BCUT2D eigenvalue weighted by Crippen LogP contribution is 2.44. The Morgan fingerprint density at radius 3 is 1.89 bits per heavy atom. The zero-order valence-corrected chi connectivity index (χ0v) is 27.8. The van der Waals surface area contributed by atoms with Gasteiger partial charge >= 0.3 is 10.4 Å². The molecule has 1 fully saturated rings. The predicted molar refractivity (Wildman–Crippen MR) is 192 cm³/mol. The molecule has 7 heteroatoms. The normalized spacial score (nSPS) is 18.3. The Hall–Kier alpha value is -4.56. The Kier molecular flexibility index (Phi) is 11.0. The number of aromatic amines is 1. The number of H-pyrrole nitrogens is 1. The summed E-state index contributed by atoms with van der Waals surface area (Å²) in [5, 5.41) is 1.27. The molecule has 3 unspecified atom stereocenters. The molecule has 5 aromatic rings. The lowest BCUT2D eigenvalue weighted by Gasteiger charge is -2.14. The number of nitrogens with one attached hydrogen (secondary N) is 1. The molecular formula is C40H41NO5S. The first-order chi connectivity index (χ1) is 22.6. The number of hydrogen-bond acceptors (Lipinski definition) is 4. The summed E-state index contributed by atoms with van der Waals surface area (Å²) in [6.45, 7) is 5.12. The molecule has 3 atom stereocenters. The van der Waals surface area contributed by atoms with Gasteiger partial charge in [0.2, 0.25) is 0 Å². The van der Waals surface area contributed by atoms with Gasteiger partial charge in [-0.15, -0.1) is 0 Å². The summed E-state index contributed by atoms with van der Waals surface area (Å²) in [6, 6.07) is 36.5. The van der Waals surface area contributed by atoms with Gasteiger partial charge in [-0.25, -0.2) is 4.18 Å². The molecule has 4 aromatic carbocycles. The Balaban J connectivity index is 0.000000211. The van der Waals surface area contributed by atoms with Crippen LogP contribution in [-0.4, -0.2) is 29.8 Å². The molecule has 1 aromatic heterocycles. The summed E-state index contributed by atoms with van der Waals surface area (Å²) in [5.74, 6) is 0.863. The Morgan fingerprint density at radius 2 is 1.36 bits per heavy atom. The molecule has 7 rings (SSSR count). The minimum atomic E-state index is -4.28. The molecule has 2 N–H and O–H groups in total. The van der Waals surface area contributed by atoms with E-state index in [0.717, 1.165) is 30.5 Å². The van der Waals surface area contributed by atoms with Gasteiger partial charge in [-0.2, -0.15) is 8.42 Å². The Bertz CT molecular complexity index is 1960. The van der Waals surface area contributed by atoms with Gasteiger partial charge in [0.25, 0.3) is 0 Å². The van der Waals surface area contributed by atoms with E-state index in [1.54, 1.807) is 0 Å². The minimum Gasteiger partial charge on any atom is -0.354 e. The molecule has 2 aliphatic carbocycles. The summed E-state index contributed by atoms with van der Waals surface area (Å²) in [6.07, 6.45) is 10.7. The van der Waals surface area contributed by atoms with Gasteiger partial charge in [-0.05, 0) is 85.9 Å². The summed E-state index contributed by atoms with van der Waals surface area (Å²) in [7, 11) is -4.28. The van der Waals surface area contributed by atoms with Crippen molar-refractivity contribution in [3.05, 3.63) is 127 Å². The molecule has 2 aliphatic rings. The molecule has 242 valence electrons. The number of ketones is 1. The number of Topliss-reactive ketones (excluding diaryl/α,β-unsaturated/α-hetero) is 1. The van der Waals surface area contributed by atoms with Crippen LogP contribution in [-0.2, 0) is 19.4 Å². The maximum Gasteiger partial charge on any atom is 0.397 e. The van der Waals surface area contributed by atoms with Crippen molar-refractivity contribution in [3.8, 4) is 33.4 Å². The van der Waals surface area contributed by atoms with E-state index in [4.69, 9.17) is 4.55 Å². The van der Waals surface area contributed by atoms with Crippen LogP contribution in [0.2, 0.25) is 0 Å². The highest BCUT2D eigenvalue weighted by Gasteiger charge is 2.37. The molecule has 0 spiro atoms. The lowest BCUT2D eigenvalue weighted by atomic mass is 9.88. The van der Waals surface area contributed by atoms with Crippen LogP contribution in [0.4, 0.5) is 0 Å². The van der Waals surface area contributed by atoms with E-state index in [0.29, 0.717) is 5.92 Å². The van der Waals surface area contributed by atoms with Gasteiger partial charge in [-0.3, -0.25) is 4.55 Å². The lowest BCUT2D eigenvalue weighted by molar-refractivity contribution is -0.115. The van der Waals surface area contributed by atoms with Gasteiger partial charge < -0.3 is 9.78 Å². The van der Waals surface area contributed by atoms with Crippen molar-refractivity contribution in [3.63, 3.8) is 0 Å². The highest BCUT2D eigenvalue weighted by atomic mass is 32.3. The topological polar surface area (TPSA) is 96.5 Å². The molecule has 0 aliphatic heterocycles. The first kappa shape index (κ1) is 33.8. The SMILES string of the molecule is C/C=C/c1[nH]c2ccc(-c3ccccc3)c(-c3ccccc3)c2c1-c1ccccc1.CC(C)=O.O=S(=O)(O)OC1CC2CC=CC1C2. The molecule has 0 amide bonds. The molecule has 2 bridgehead atoms. The third kappa shape index (κ3) is 8.63. The van der Waals surface area contributed by atoms with Crippen LogP contribution >= 0.6 is 0 Å². The quantitative estimate of drug-likeness (QED) is 0.141. The zero-order valence-electron chi connectivity index (χ0n) is 27.0. The maximum atomic E-state index is 10.5. The maximum absolute atomic E-state index is 10.5. The third-order valence-electron chi connectivity index (χ3n) is 8.28. The number of carbonyl (C=O) groups excluding carboxylic acids is 1.